The summed E-state index contributed by atoms with van der Waals surface area (Å²) in [6.45, 7) is 1.97. The summed E-state index contributed by atoms with van der Waals surface area (Å²) in [5, 5.41) is 12.2. The van der Waals surface area contributed by atoms with Crippen LogP contribution in [0, 0.1) is 17.8 Å². The summed E-state index contributed by atoms with van der Waals surface area (Å²) in [6.07, 6.45) is 4.63. The lowest BCUT2D eigenvalue weighted by molar-refractivity contribution is 0.0910. The summed E-state index contributed by atoms with van der Waals surface area (Å²) in [5.74, 6) is 5.74. The molecule has 0 bridgehead atoms. The van der Waals surface area contributed by atoms with Crippen LogP contribution in [0.25, 0.3) is 0 Å². The molecule has 1 aromatic carbocycles. The molecular formula is C17H20ClNO2. The first-order chi connectivity index (χ1) is 10.1. The van der Waals surface area contributed by atoms with E-state index >= 15 is 0 Å². The molecule has 3 nitrogen and oxygen atoms in total. The van der Waals surface area contributed by atoms with Crippen molar-refractivity contribution in [3.63, 3.8) is 0 Å². The Balaban J connectivity index is 2.07. The molecule has 2 rings (SSSR count). The van der Waals surface area contributed by atoms with Crippen molar-refractivity contribution >= 4 is 17.5 Å². The molecule has 0 spiro atoms. The van der Waals surface area contributed by atoms with Crippen molar-refractivity contribution in [3.05, 3.63) is 34.3 Å². The maximum atomic E-state index is 12.3. The molecule has 2 atom stereocenters. The molecule has 0 aliphatic heterocycles. The van der Waals surface area contributed by atoms with Crippen LogP contribution < -0.4 is 5.32 Å². The second-order valence-electron chi connectivity index (χ2n) is 5.50. The Kier molecular flexibility index (Phi) is 5.67. The molecular weight excluding hydrogens is 286 g/mol. The Labute approximate surface area is 130 Å². The van der Waals surface area contributed by atoms with Gasteiger partial charge < -0.3 is 10.4 Å². The lowest BCUT2D eigenvalue weighted by atomic mass is 9.86. The molecule has 0 aromatic heterocycles. The van der Waals surface area contributed by atoms with Crippen LogP contribution in [0.2, 0.25) is 5.02 Å². The third kappa shape index (κ3) is 4.23. The highest BCUT2D eigenvalue weighted by Gasteiger charge is 2.23. The monoisotopic (exact) mass is 305 g/mol. The number of aliphatic hydroxyl groups is 1. The topological polar surface area (TPSA) is 49.3 Å². The van der Waals surface area contributed by atoms with E-state index < -0.39 is 0 Å². The Morgan fingerprint density at radius 3 is 2.86 bits per heavy atom. The number of aliphatic hydroxyl groups excluding tert-OH is 1. The maximum absolute atomic E-state index is 12.3. The van der Waals surface area contributed by atoms with Crippen LogP contribution in [0.15, 0.2) is 18.2 Å². The van der Waals surface area contributed by atoms with Gasteiger partial charge in [0.15, 0.2) is 0 Å². The van der Waals surface area contributed by atoms with Gasteiger partial charge in [-0.15, -0.1) is 0 Å². The van der Waals surface area contributed by atoms with Gasteiger partial charge in [-0.25, -0.2) is 0 Å². The quantitative estimate of drug-likeness (QED) is 0.825. The van der Waals surface area contributed by atoms with Gasteiger partial charge in [-0.2, -0.15) is 0 Å². The maximum Gasteiger partial charge on any atom is 0.251 e. The van der Waals surface area contributed by atoms with Crippen molar-refractivity contribution in [2.75, 3.05) is 6.61 Å². The van der Waals surface area contributed by atoms with Gasteiger partial charge in [-0.05, 0) is 37.0 Å². The summed E-state index contributed by atoms with van der Waals surface area (Å²) in [4.78, 5) is 12.3. The summed E-state index contributed by atoms with van der Waals surface area (Å²) < 4.78 is 0. The number of hydrogen-bond donors (Lipinski definition) is 2. The smallest absolute Gasteiger partial charge is 0.251 e. The van der Waals surface area contributed by atoms with Crippen molar-refractivity contribution in [2.45, 2.75) is 38.6 Å². The molecule has 1 amide bonds. The predicted octanol–water partition coefficient (Wildman–Crippen LogP) is 2.99. The summed E-state index contributed by atoms with van der Waals surface area (Å²) in [5.41, 5.74) is 1.17. The van der Waals surface area contributed by atoms with E-state index in [-0.39, 0.29) is 18.6 Å². The Hall–Kier alpha value is -1.50. The number of carbonyl (C=O) groups excluding carboxylic acids is 1. The number of halogens is 1. The fraction of sp³-hybridized carbons (Fsp3) is 0.471. The Morgan fingerprint density at radius 2 is 2.19 bits per heavy atom. The molecule has 1 aliphatic carbocycles. The zero-order valence-corrected chi connectivity index (χ0v) is 12.9. The fourth-order valence-corrected chi connectivity index (χ4v) is 2.90. The minimum atomic E-state index is -0.210. The van der Waals surface area contributed by atoms with E-state index in [1.807, 2.05) is 0 Å². The van der Waals surface area contributed by atoms with E-state index in [1.165, 1.54) is 19.3 Å². The van der Waals surface area contributed by atoms with Crippen LogP contribution in [0.1, 0.15) is 48.5 Å². The zero-order valence-electron chi connectivity index (χ0n) is 12.2. The molecule has 0 heterocycles. The van der Waals surface area contributed by atoms with Gasteiger partial charge in [-0.1, -0.05) is 43.2 Å². The Bertz CT molecular complexity index is 574. The van der Waals surface area contributed by atoms with E-state index in [0.717, 1.165) is 6.42 Å². The predicted molar refractivity (Wildman–Crippen MR) is 84.3 cm³/mol. The van der Waals surface area contributed by atoms with Crippen LogP contribution in [-0.2, 0) is 0 Å². The fourth-order valence-electron chi connectivity index (χ4n) is 2.67. The lowest BCUT2D eigenvalue weighted by Gasteiger charge is -2.29. The molecule has 0 saturated heterocycles. The van der Waals surface area contributed by atoms with E-state index in [0.29, 0.717) is 22.1 Å². The van der Waals surface area contributed by atoms with Gasteiger partial charge in [0.25, 0.3) is 5.91 Å². The zero-order chi connectivity index (χ0) is 15.2. The minimum Gasteiger partial charge on any atom is -0.384 e. The number of hydrogen-bond acceptors (Lipinski definition) is 2. The molecule has 0 radical (unpaired) electrons. The molecule has 1 fully saturated rings. The first-order valence-electron chi connectivity index (χ1n) is 7.32. The van der Waals surface area contributed by atoms with Gasteiger partial charge >= 0.3 is 0 Å². The average molecular weight is 306 g/mol. The van der Waals surface area contributed by atoms with Crippen LogP contribution in [-0.4, -0.2) is 23.7 Å². The second-order valence-corrected chi connectivity index (χ2v) is 5.90. The van der Waals surface area contributed by atoms with Crippen LogP contribution in [0.4, 0.5) is 0 Å². The van der Waals surface area contributed by atoms with Crippen molar-refractivity contribution in [2.24, 2.45) is 5.92 Å². The molecule has 112 valence electrons. The van der Waals surface area contributed by atoms with Gasteiger partial charge in [0.05, 0.1) is 5.02 Å². The molecule has 21 heavy (non-hydrogen) atoms. The molecule has 1 aliphatic rings. The van der Waals surface area contributed by atoms with Gasteiger partial charge in [-0.3, -0.25) is 4.79 Å². The first-order valence-corrected chi connectivity index (χ1v) is 7.69. The second kappa shape index (κ2) is 7.49. The highest BCUT2D eigenvalue weighted by molar-refractivity contribution is 6.32. The number of rotatable bonds is 2. The molecule has 1 aromatic rings. The lowest BCUT2D eigenvalue weighted by Crippen LogP contribution is -2.41. The summed E-state index contributed by atoms with van der Waals surface area (Å²) in [7, 11) is 0. The third-order valence-electron chi connectivity index (χ3n) is 3.96. The summed E-state index contributed by atoms with van der Waals surface area (Å²) >= 11 is 6.12. The molecule has 2 N–H and O–H groups in total. The first kappa shape index (κ1) is 15.9. The molecule has 4 heteroatoms. The third-order valence-corrected chi connectivity index (χ3v) is 4.27. The van der Waals surface area contributed by atoms with Crippen molar-refractivity contribution in [1.82, 2.24) is 5.32 Å². The van der Waals surface area contributed by atoms with Crippen LogP contribution in [0.3, 0.4) is 0 Å². The minimum absolute atomic E-state index is 0.0858. The highest BCUT2D eigenvalue weighted by atomic mass is 35.5. The van der Waals surface area contributed by atoms with Gasteiger partial charge in [0, 0.05) is 17.2 Å². The van der Waals surface area contributed by atoms with Crippen LogP contribution in [0.5, 0.6) is 0 Å². The molecule has 1 saturated carbocycles. The van der Waals surface area contributed by atoms with Gasteiger partial charge in [0.1, 0.15) is 6.61 Å². The standard InChI is InChI=1S/C17H20ClNO2/c1-12-5-2-3-7-16(12)19-17(21)14-9-8-13(6-4-10-20)15(18)11-14/h8-9,11-12,16,20H,2-3,5,7,10H2,1H3,(H,19,21). The van der Waals surface area contributed by atoms with Crippen LogP contribution >= 0.6 is 11.6 Å². The number of benzene rings is 1. The van der Waals surface area contributed by atoms with Crippen molar-refractivity contribution < 1.29 is 9.90 Å². The highest BCUT2D eigenvalue weighted by Crippen LogP contribution is 2.24. The number of carbonyl (C=O) groups is 1. The Morgan fingerprint density at radius 1 is 1.43 bits per heavy atom. The summed E-state index contributed by atoms with van der Waals surface area (Å²) in [6, 6.07) is 5.31. The van der Waals surface area contributed by atoms with Gasteiger partial charge in [0.2, 0.25) is 0 Å². The van der Waals surface area contributed by atoms with E-state index in [9.17, 15) is 4.79 Å². The van der Waals surface area contributed by atoms with E-state index in [4.69, 9.17) is 16.7 Å². The van der Waals surface area contributed by atoms with Crippen molar-refractivity contribution in [1.29, 1.82) is 0 Å². The largest absolute Gasteiger partial charge is 0.384 e. The molecule has 2 unspecified atom stereocenters. The van der Waals surface area contributed by atoms with Crippen molar-refractivity contribution in [3.8, 4) is 11.8 Å². The number of nitrogens with one attached hydrogen (secondary N) is 1. The normalized spacial score (nSPS) is 21.3. The SMILES string of the molecule is CC1CCCCC1NC(=O)c1ccc(C#CCO)c(Cl)c1. The van der Waals surface area contributed by atoms with E-state index in [1.54, 1.807) is 18.2 Å². The number of amides is 1. The van der Waals surface area contributed by atoms with E-state index in [2.05, 4.69) is 24.1 Å². The average Bonchev–Trinajstić information content (AvgIpc) is 2.48.